The molecular formula is C45H50Br2O9Si. The summed E-state index contributed by atoms with van der Waals surface area (Å²) in [7, 11) is 4.83. The van der Waals surface area contributed by atoms with Crippen molar-refractivity contribution in [3.63, 3.8) is 0 Å². The minimum absolute atomic E-state index is 0.0698. The molecule has 0 atom stereocenters. The van der Waals surface area contributed by atoms with Crippen LogP contribution in [0.25, 0.3) is 0 Å². The number of rotatable bonds is 11. The van der Waals surface area contributed by atoms with Crippen LogP contribution in [0.3, 0.4) is 0 Å². The highest BCUT2D eigenvalue weighted by Crippen LogP contribution is 2.23. The molecule has 0 aromatic heterocycles. The van der Waals surface area contributed by atoms with Gasteiger partial charge in [0.2, 0.25) is 0 Å². The zero-order valence-corrected chi connectivity index (χ0v) is 38.3. The Hall–Kier alpha value is -5.14. The predicted octanol–water partition coefficient (Wildman–Crippen LogP) is 11.0. The van der Waals surface area contributed by atoms with Gasteiger partial charge in [-0.1, -0.05) is 84.1 Å². The van der Waals surface area contributed by atoms with Crippen molar-refractivity contribution >= 4 is 63.3 Å². The predicted molar refractivity (Wildman–Crippen MR) is 236 cm³/mol. The molecule has 0 radical (unpaired) electrons. The van der Waals surface area contributed by atoms with Crippen molar-refractivity contribution in [2.75, 3.05) is 28.4 Å². The van der Waals surface area contributed by atoms with Gasteiger partial charge in [0.1, 0.15) is 31.1 Å². The van der Waals surface area contributed by atoms with Crippen LogP contribution in [-0.2, 0) is 0 Å². The Bertz CT molecular complexity index is 2120. The Morgan fingerprint density at radius 3 is 1.25 bits per heavy atom. The average Bonchev–Trinajstić information content (AvgIpc) is 3.21. The number of carbonyl (C=O) groups is 4. The average molecular weight is 923 g/mol. The summed E-state index contributed by atoms with van der Waals surface area (Å²) in [6.07, 6.45) is 6.74. The minimum Gasteiger partial charge on any atom is -0.497 e. The van der Waals surface area contributed by atoms with E-state index in [0.29, 0.717) is 69.0 Å². The number of ketones is 3. The molecule has 0 saturated carbocycles. The molecule has 4 aromatic carbocycles. The molecule has 0 bridgehead atoms. The van der Waals surface area contributed by atoms with Crippen molar-refractivity contribution in [3.05, 3.63) is 115 Å². The van der Waals surface area contributed by atoms with Crippen LogP contribution in [0.2, 0.25) is 19.6 Å². The zero-order valence-electron chi connectivity index (χ0n) is 34.1. The summed E-state index contributed by atoms with van der Waals surface area (Å²) in [6.45, 7) is 12.1. The van der Waals surface area contributed by atoms with E-state index < -0.39 is 14.0 Å². The lowest BCUT2D eigenvalue weighted by molar-refractivity contribution is 0.0695. The first-order valence-electron chi connectivity index (χ1n) is 17.8. The van der Waals surface area contributed by atoms with E-state index in [0.717, 1.165) is 10.0 Å². The van der Waals surface area contributed by atoms with Crippen molar-refractivity contribution in [1.29, 1.82) is 0 Å². The minimum atomic E-state index is -1.41. The van der Waals surface area contributed by atoms with Crippen molar-refractivity contribution in [3.8, 4) is 46.8 Å². The number of benzene rings is 4. The molecule has 0 spiro atoms. The van der Waals surface area contributed by atoms with E-state index in [1.54, 1.807) is 63.8 Å². The molecule has 0 unspecified atom stereocenters. The number of aromatic carboxylic acids is 1. The van der Waals surface area contributed by atoms with E-state index in [1.807, 2.05) is 39.0 Å². The van der Waals surface area contributed by atoms with Crippen LogP contribution in [0.4, 0.5) is 0 Å². The van der Waals surface area contributed by atoms with Crippen molar-refractivity contribution in [1.82, 2.24) is 0 Å². The Labute approximate surface area is 354 Å². The number of ether oxygens (including phenoxy) is 4. The molecule has 1 N–H and O–H groups in total. The molecule has 4 aromatic rings. The third-order valence-corrected chi connectivity index (χ3v) is 9.21. The molecule has 12 heteroatoms. The van der Waals surface area contributed by atoms with Crippen molar-refractivity contribution in [2.24, 2.45) is 0 Å². The summed E-state index contributed by atoms with van der Waals surface area (Å²) in [6, 6.07) is 20.7. The van der Waals surface area contributed by atoms with Gasteiger partial charge in [-0.05, 0) is 72.8 Å². The molecule has 9 nitrogen and oxygen atoms in total. The number of carboxylic acids is 1. The number of Topliss-reactive ketones (excluding diaryl/α,β-unsaturated/α-hetero) is 3. The summed E-state index contributed by atoms with van der Waals surface area (Å²) in [4.78, 5) is 45.1. The molecule has 57 heavy (non-hydrogen) atoms. The number of terminal acetylenes is 1. The molecular weight excluding hydrogens is 872 g/mol. The fourth-order valence-corrected chi connectivity index (χ4v) is 5.89. The molecule has 0 fully saturated rings. The highest BCUT2D eigenvalue weighted by atomic mass is 79.9. The van der Waals surface area contributed by atoms with Crippen LogP contribution in [0.5, 0.6) is 23.0 Å². The lowest BCUT2D eigenvalue weighted by Crippen LogP contribution is -2.16. The smallest absolute Gasteiger partial charge is 0.335 e. The van der Waals surface area contributed by atoms with Crippen molar-refractivity contribution < 1.29 is 43.2 Å². The molecule has 0 heterocycles. The SMILES string of the molecule is C#Cc1cc(OC)cc(C(=O)CC)c1.CCC(=O)c1cc(Br)cc(OC)c1.CCC(=O)c1cc(C#C[Si](C)(C)C)cc(OC)c1.COc1cc(Br)cc(C(=O)O)c1. The van der Waals surface area contributed by atoms with Crippen LogP contribution in [0, 0.1) is 23.8 Å². The standard InChI is InChI=1S/C15H20O2Si.C12H12O2.C10H11BrO2.C8H7BrO3/c1-6-15(16)13-9-12(7-8-18(3,4)5)10-14(11-13)17-2;1-4-9-6-10(12(13)5-2)8-11(7-9)14-3;1-3-10(12)7-4-8(11)6-9(5-7)13-2;1-12-7-3-5(8(10)11)2-6(9)4-7/h9-11H,6H2,1-5H3;1,6-8H,5H2,2-3H3;4-6H,3H2,1-2H3;2-4H,1H3,(H,10,11). The van der Waals surface area contributed by atoms with E-state index in [2.05, 4.69) is 68.9 Å². The third kappa shape index (κ3) is 18.6. The summed E-state index contributed by atoms with van der Waals surface area (Å²) in [5.74, 6) is 7.53. The van der Waals surface area contributed by atoms with Gasteiger partial charge in [-0.25, -0.2) is 4.79 Å². The van der Waals surface area contributed by atoms with Crippen LogP contribution in [0.1, 0.15) is 92.6 Å². The van der Waals surface area contributed by atoms with Gasteiger partial charge in [-0.3, -0.25) is 14.4 Å². The number of hydrogen-bond acceptors (Lipinski definition) is 8. The van der Waals surface area contributed by atoms with Gasteiger partial charge < -0.3 is 24.1 Å². The van der Waals surface area contributed by atoms with Gasteiger partial charge in [0.15, 0.2) is 17.3 Å². The van der Waals surface area contributed by atoms with Gasteiger partial charge in [0, 0.05) is 56.0 Å². The first-order chi connectivity index (χ1) is 26.9. The summed E-state index contributed by atoms with van der Waals surface area (Å²) < 4.78 is 21.8. The van der Waals surface area contributed by atoms with Crippen LogP contribution < -0.4 is 18.9 Å². The molecule has 4 rings (SSSR count). The second-order valence-corrected chi connectivity index (χ2v) is 19.5. The molecule has 0 aliphatic rings. The van der Waals surface area contributed by atoms with Gasteiger partial charge in [0.05, 0.1) is 34.0 Å². The fourth-order valence-electron chi connectivity index (χ4n) is 4.43. The molecule has 302 valence electrons. The highest BCUT2D eigenvalue weighted by Gasteiger charge is 2.11. The van der Waals surface area contributed by atoms with E-state index >= 15 is 0 Å². The van der Waals surface area contributed by atoms with E-state index in [-0.39, 0.29) is 22.9 Å². The zero-order chi connectivity index (χ0) is 43.3. The molecule has 0 amide bonds. The maximum Gasteiger partial charge on any atom is 0.335 e. The van der Waals surface area contributed by atoms with Gasteiger partial charge in [-0.15, -0.1) is 12.0 Å². The second kappa shape index (κ2) is 25.2. The number of halogens is 2. The lowest BCUT2D eigenvalue weighted by atomic mass is 10.1. The normalized spacial score (nSPS) is 9.81. The van der Waals surface area contributed by atoms with Gasteiger partial charge >= 0.3 is 5.97 Å². The first kappa shape index (κ1) is 49.9. The van der Waals surface area contributed by atoms with Crippen LogP contribution in [-0.4, -0.2) is 64.9 Å². The largest absolute Gasteiger partial charge is 0.497 e. The van der Waals surface area contributed by atoms with E-state index in [4.69, 9.17) is 30.5 Å². The van der Waals surface area contributed by atoms with E-state index in [9.17, 15) is 19.2 Å². The number of carboxylic acid groups (broad SMARTS) is 1. The van der Waals surface area contributed by atoms with Gasteiger partial charge in [-0.2, -0.15) is 0 Å². The Kier molecular flexibility index (Phi) is 22.0. The van der Waals surface area contributed by atoms with Crippen LogP contribution in [0.15, 0.2) is 81.7 Å². The lowest BCUT2D eigenvalue weighted by Gasteiger charge is -2.06. The van der Waals surface area contributed by atoms with E-state index in [1.165, 1.54) is 19.2 Å². The Morgan fingerprint density at radius 1 is 0.561 bits per heavy atom. The second-order valence-electron chi connectivity index (χ2n) is 12.9. The summed E-state index contributed by atoms with van der Waals surface area (Å²) in [5, 5.41) is 8.65. The number of methoxy groups -OCH3 is 4. The highest BCUT2D eigenvalue weighted by molar-refractivity contribution is 9.10. The number of carbonyl (C=O) groups excluding carboxylic acids is 3. The van der Waals surface area contributed by atoms with Crippen molar-refractivity contribution in [2.45, 2.75) is 59.7 Å². The maximum absolute atomic E-state index is 11.7. The quantitative estimate of drug-likeness (QED) is 0.0889. The topological polar surface area (TPSA) is 125 Å². The third-order valence-electron chi connectivity index (χ3n) is 7.42. The molecule has 0 aliphatic heterocycles. The summed E-state index contributed by atoms with van der Waals surface area (Å²) in [5.41, 5.74) is 7.01. The maximum atomic E-state index is 11.7. The number of hydrogen-bond donors (Lipinski definition) is 1. The Morgan fingerprint density at radius 2 is 0.895 bits per heavy atom. The monoisotopic (exact) mass is 920 g/mol. The first-order valence-corrected chi connectivity index (χ1v) is 22.9. The molecule has 0 saturated heterocycles. The fraction of sp³-hybridized carbons (Fsp3) is 0.289. The Balaban J connectivity index is 0.000000385. The molecule has 0 aliphatic carbocycles. The summed E-state index contributed by atoms with van der Waals surface area (Å²) >= 11 is 6.50. The van der Waals surface area contributed by atoms with Crippen LogP contribution >= 0.6 is 31.9 Å². The van der Waals surface area contributed by atoms with Gasteiger partial charge in [0.25, 0.3) is 0 Å².